The summed E-state index contributed by atoms with van der Waals surface area (Å²) in [4.78, 5) is 30.9. The molecule has 0 bridgehead atoms. The molecule has 0 fully saturated rings. The molecule has 0 unspecified atom stereocenters. The SMILES string of the molecule is O=c1c(NCc2cscn2)c(NCc2ccc(-c3noc(C(F)(F)F)n3)cc2F)c1=O. The quantitative estimate of drug-likeness (QED) is 0.324. The van der Waals surface area contributed by atoms with Crippen LogP contribution in [0.1, 0.15) is 17.1 Å². The standard InChI is InChI=1S/C18H11F4N5O3S/c19-11-3-8(16-26-17(30-27-16)18(20,21)22)1-2-9(11)4-23-12-13(15(29)14(12)28)24-5-10-6-31-7-25-10/h1-3,6-7,23-24H,4-5H2. The van der Waals surface area contributed by atoms with E-state index < -0.39 is 34.6 Å². The lowest BCUT2D eigenvalue weighted by molar-refractivity contribution is -0.159. The summed E-state index contributed by atoms with van der Waals surface area (Å²) >= 11 is 1.38. The van der Waals surface area contributed by atoms with Crippen molar-refractivity contribution in [1.82, 2.24) is 15.1 Å². The van der Waals surface area contributed by atoms with Crippen LogP contribution in [0.25, 0.3) is 11.4 Å². The molecule has 0 saturated heterocycles. The van der Waals surface area contributed by atoms with Crippen molar-refractivity contribution in [3.05, 3.63) is 72.5 Å². The molecule has 0 aliphatic rings. The molecule has 2 heterocycles. The highest BCUT2D eigenvalue weighted by Crippen LogP contribution is 2.30. The molecule has 8 nitrogen and oxygen atoms in total. The van der Waals surface area contributed by atoms with Crippen LogP contribution in [0.15, 0.2) is 43.2 Å². The summed E-state index contributed by atoms with van der Waals surface area (Å²) in [5, 5.41) is 10.5. The van der Waals surface area contributed by atoms with Gasteiger partial charge in [0.1, 0.15) is 17.2 Å². The van der Waals surface area contributed by atoms with Gasteiger partial charge in [0, 0.05) is 23.1 Å². The molecule has 0 saturated carbocycles. The molecular weight excluding hydrogens is 442 g/mol. The van der Waals surface area contributed by atoms with Gasteiger partial charge in [-0.05, 0) is 6.07 Å². The van der Waals surface area contributed by atoms with Gasteiger partial charge in [0.2, 0.25) is 5.82 Å². The number of alkyl halides is 3. The Morgan fingerprint density at radius 1 is 1.06 bits per heavy atom. The molecule has 4 rings (SSSR count). The van der Waals surface area contributed by atoms with Crippen molar-refractivity contribution in [2.24, 2.45) is 0 Å². The van der Waals surface area contributed by atoms with Crippen molar-refractivity contribution in [1.29, 1.82) is 0 Å². The van der Waals surface area contributed by atoms with Gasteiger partial charge in [-0.1, -0.05) is 17.3 Å². The summed E-state index contributed by atoms with van der Waals surface area (Å²) in [6, 6.07) is 3.56. The zero-order valence-electron chi connectivity index (χ0n) is 15.3. The number of aromatic nitrogens is 3. The predicted octanol–water partition coefficient (Wildman–Crippen LogP) is 3.17. The number of benzene rings is 1. The first-order valence-corrected chi connectivity index (χ1v) is 9.56. The lowest BCUT2D eigenvalue weighted by atomic mass is 10.1. The van der Waals surface area contributed by atoms with Crippen molar-refractivity contribution >= 4 is 22.7 Å². The van der Waals surface area contributed by atoms with Crippen LogP contribution >= 0.6 is 11.3 Å². The number of halogens is 4. The maximum absolute atomic E-state index is 14.4. The minimum Gasteiger partial charge on any atom is -0.376 e. The van der Waals surface area contributed by atoms with Crippen LogP contribution in [-0.2, 0) is 19.3 Å². The Morgan fingerprint density at radius 2 is 1.77 bits per heavy atom. The van der Waals surface area contributed by atoms with Crippen molar-refractivity contribution < 1.29 is 22.1 Å². The molecule has 0 aliphatic carbocycles. The maximum Gasteiger partial charge on any atom is 0.471 e. The Hall–Kier alpha value is -3.61. The van der Waals surface area contributed by atoms with Crippen molar-refractivity contribution in [2.45, 2.75) is 19.3 Å². The van der Waals surface area contributed by atoms with Gasteiger partial charge in [-0.2, -0.15) is 18.2 Å². The van der Waals surface area contributed by atoms with E-state index in [1.165, 1.54) is 23.5 Å². The predicted molar refractivity (Wildman–Crippen MR) is 103 cm³/mol. The van der Waals surface area contributed by atoms with Crippen LogP contribution in [0.4, 0.5) is 28.9 Å². The second-order valence-electron chi connectivity index (χ2n) is 6.32. The first-order chi connectivity index (χ1) is 14.7. The fourth-order valence-electron chi connectivity index (χ4n) is 2.70. The van der Waals surface area contributed by atoms with Crippen LogP contribution in [0.2, 0.25) is 0 Å². The van der Waals surface area contributed by atoms with E-state index in [0.29, 0.717) is 5.69 Å². The van der Waals surface area contributed by atoms with E-state index in [-0.39, 0.29) is 35.6 Å². The van der Waals surface area contributed by atoms with E-state index >= 15 is 0 Å². The fraction of sp³-hybridized carbons (Fsp3) is 0.167. The molecule has 160 valence electrons. The summed E-state index contributed by atoms with van der Waals surface area (Å²) in [6.07, 6.45) is -4.81. The van der Waals surface area contributed by atoms with Gasteiger partial charge in [0.25, 0.3) is 10.9 Å². The van der Waals surface area contributed by atoms with E-state index in [9.17, 15) is 27.2 Å². The van der Waals surface area contributed by atoms with Gasteiger partial charge >= 0.3 is 12.1 Å². The molecule has 2 N–H and O–H groups in total. The number of rotatable bonds is 7. The summed E-state index contributed by atoms with van der Waals surface area (Å²) in [5.41, 5.74) is 1.11. The van der Waals surface area contributed by atoms with E-state index in [0.717, 1.165) is 6.07 Å². The van der Waals surface area contributed by atoms with E-state index in [1.54, 1.807) is 10.9 Å². The first kappa shape index (κ1) is 20.7. The second kappa shape index (κ2) is 7.91. The molecule has 2 aromatic carbocycles. The summed E-state index contributed by atoms with van der Waals surface area (Å²) < 4.78 is 56.2. The highest BCUT2D eigenvalue weighted by molar-refractivity contribution is 7.07. The maximum atomic E-state index is 14.4. The second-order valence-corrected chi connectivity index (χ2v) is 7.04. The molecular formula is C18H11F4N5O3S. The minimum absolute atomic E-state index is 0.0137. The largest absolute Gasteiger partial charge is 0.471 e. The lowest BCUT2D eigenvalue weighted by Crippen LogP contribution is -2.37. The third-order valence-electron chi connectivity index (χ3n) is 4.28. The fourth-order valence-corrected chi connectivity index (χ4v) is 3.26. The Labute approximate surface area is 174 Å². The topological polar surface area (TPSA) is 110 Å². The molecule has 0 atom stereocenters. The number of nitrogens with zero attached hydrogens (tertiary/aromatic N) is 3. The average molecular weight is 453 g/mol. The van der Waals surface area contributed by atoms with Crippen molar-refractivity contribution in [2.75, 3.05) is 10.6 Å². The average Bonchev–Trinajstić information content (AvgIpc) is 3.42. The van der Waals surface area contributed by atoms with Gasteiger partial charge in [-0.15, -0.1) is 11.3 Å². The number of hydrogen-bond acceptors (Lipinski definition) is 9. The van der Waals surface area contributed by atoms with Gasteiger partial charge in [-0.25, -0.2) is 9.37 Å². The molecule has 0 aliphatic heterocycles. The Kier molecular flexibility index (Phi) is 5.27. The Bertz CT molecular complexity index is 1290. The monoisotopic (exact) mass is 453 g/mol. The van der Waals surface area contributed by atoms with Gasteiger partial charge in [0.15, 0.2) is 0 Å². The number of nitrogens with one attached hydrogen (secondary N) is 2. The molecule has 13 heteroatoms. The molecule has 4 aromatic rings. The summed E-state index contributed by atoms with van der Waals surface area (Å²) in [7, 11) is 0. The van der Waals surface area contributed by atoms with Gasteiger partial charge < -0.3 is 15.2 Å². The smallest absolute Gasteiger partial charge is 0.376 e. The van der Waals surface area contributed by atoms with Gasteiger partial charge in [0.05, 0.1) is 17.7 Å². The highest BCUT2D eigenvalue weighted by atomic mass is 32.1. The third kappa shape index (κ3) is 4.17. The zero-order chi connectivity index (χ0) is 22.2. The highest BCUT2D eigenvalue weighted by Gasteiger charge is 2.38. The molecule has 2 aromatic heterocycles. The van der Waals surface area contributed by atoms with Gasteiger partial charge in [-0.3, -0.25) is 9.59 Å². The number of thiazole rings is 1. The Morgan fingerprint density at radius 3 is 2.35 bits per heavy atom. The summed E-state index contributed by atoms with van der Waals surface area (Å²) in [5.74, 6) is -2.72. The van der Waals surface area contributed by atoms with Crippen molar-refractivity contribution in [3.8, 4) is 11.4 Å². The molecule has 0 amide bonds. The number of anilines is 2. The normalized spacial score (nSPS) is 11.7. The summed E-state index contributed by atoms with van der Waals surface area (Å²) in [6.45, 7) is 0.110. The van der Waals surface area contributed by atoms with Crippen LogP contribution in [0, 0.1) is 5.82 Å². The Balaban J connectivity index is 1.45. The van der Waals surface area contributed by atoms with Crippen molar-refractivity contribution in [3.63, 3.8) is 0 Å². The van der Waals surface area contributed by atoms with E-state index in [2.05, 4.69) is 30.3 Å². The molecule has 0 spiro atoms. The third-order valence-corrected chi connectivity index (χ3v) is 4.91. The van der Waals surface area contributed by atoms with Crippen LogP contribution in [0.3, 0.4) is 0 Å². The first-order valence-electron chi connectivity index (χ1n) is 8.62. The van der Waals surface area contributed by atoms with Crippen LogP contribution in [-0.4, -0.2) is 15.1 Å². The van der Waals surface area contributed by atoms with Crippen LogP contribution in [0.5, 0.6) is 0 Å². The number of hydrogen-bond donors (Lipinski definition) is 2. The lowest BCUT2D eigenvalue weighted by Gasteiger charge is -2.14. The van der Waals surface area contributed by atoms with Crippen LogP contribution < -0.4 is 21.5 Å². The van der Waals surface area contributed by atoms with E-state index in [1.807, 2.05) is 0 Å². The zero-order valence-corrected chi connectivity index (χ0v) is 16.1. The molecule has 31 heavy (non-hydrogen) atoms. The van der Waals surface area contributed by atoms with E-state index in [4.69, 9.17) is 0 Å². The minimum atomic E-state index is -4.81. The molecule has 0 radical (unpaired) electrons.